The number of rotatable bonds is 4. The fraction of sp³-hybridized carbons (Fsp3) is 0.167. The Hall–Kier alpha value is -2.93. The molecule has 0 radical (unpaired) electrons. The summed E-state index contributed by atoms with van der Waals surface area (Å²) in [4.78, 5) is 40.3. The van der Waals surface area contributed by atoms with Crippen LogP contribution < -0.4 is 16.6 Å². The van der Waals surface area contributed by atoms with Crippen LogP contribution in [-0.2, 0) is 6.54 Å². The lowest BCUT2D eigenvalue weighted by Crippen LogP contribution is -2.39. The Kier molecular flexibility index (Phi) is 4.67. The molecule has 128 valence electrons. The van der Waals surface area contributed by atoms with E-state index in [4.69, 9.17) is 0 Å². The summed E-state index contributed by atoms with van der Waals surface area (Å²) in [5.74, 6) is -0.550. The minimum atomic E-state index is -0.612. The lowest BCUT2D eigenvalue weighted by molar-refractivity contribution is 0.102. The molecule has 3 rings (SSSR count). The number of aromatic nitrogens is 2. The third-order valence-electron chi connectivity index (χ3n) is 3.68. The maximum Gasteiger partial charge on any atom is 0.328 e. The maximum absolute atomic E-state index is 12.6. The summed E-state index contributed by atoms with van der Waals surface area (Å²) in [5, 5.41) is 4.58. The van der Waals surface area contributed by atoms with Crippen molar-refractivity contribution in [3.8, 4) is 0 Å². The molecule has 0 aliphatic heterocycles. The number of thiophene rings is 1. The molecule has 0 bridgehead atoms. The number of hydrogen-bond donors (Lipinski definition) is 2. The van der Waals surface area contributed by atoms with E-state index < -0.39 is 17.2 Å². The van der Waals surface area contributed by atoms with Gasteiger partial charge in [0.1, 0.15) is 5.56 Å². The van der Waals surface area contributed by atoms with Gasteiger partial charge in [0.15, 0.2) is 0 Å². The van der Waals surface area contributed by atoms with Crippen molar-refractivity contribution in [3.63, 3.8) is 0 Å². The van der Waals surface area contributed by atoms with Gasteiger partial charge in [0, 0.05) is 16.8 Å². The predicted molar refractivity (Wildman–Crippen MR) is 98.6 cm³/mol. The second-order valence-corrected chi connectivity index (χ2v) is 6.84. The van der Waals surface area contributed by atoms with Crippen LogP contribution in [0.3, 0.4) is 0 Å². The number of anilines is 1. The average Bonchev–Trinajstić information content (AvgIpc) is 3.03. The summed E-state index contributed by atoms with van der Waals surface area (Å²) in [6, 6.07) is 9.31. The summed E-state index contributed by atoms with van der Waals surface area (Å²) in [6.07, 6.45) is 1.16. The number of aromatic amines is 1. The average molecular weight is 355 g/mol. The summed E-state index contributed by atoms with van der Waals surface area (Å²) in [7, 11) is 0. The van der Waals surface area contributed by atoms with Crippen LogP contribution in [0, 0.1) is 13.8 Å². The van der Waals surface area contributed by atoms with Crippen molar-refractivity contribution >= 4 is 22.9 Å². The highest BCUT2D eigenvalue weighted by atomic mass is 32.1. The highest BCUT2D eigenvalue weighted by Gasteiger charge is 2.15. The molecule has 0 fully saturated rings. The van der Waals surface area contributed by atoms with E-state index in [1.54, 1.807) is 0 Å². The Balaban J connectivity index is 1.93. The number of amides is 1. The topological polar surface area (TPSA) is 84.0 Å². The van der Waals surface area contributed by atoms with Crippen LogP contribution in [-0.4, -0.2) is 15.5 Å². The second kappa shape index (κ2) is 6.90. The van der Waals surface area contributed by atoms with Crippen LogP contribution in [0.4, 0.5) is 5.69 Å². The maximum atomic E-state index is 12.6. The van der Waals surface area contributed by atoms with Crippen LogP contribution in [0.1, 0.15) is 26.4 Å². The van der Waals surface area contributed by atoms with Crippen LogP contribution in [0.15, 0.2) is 51.5 Å². The Labute approximate surface area is 147 Å². The van der Waals surface area contributed by atoms with Gasteiger partial charge < -0.3 is 10.3 Å². The van der Waals surface area contributed by atoms with Crippen LogP contribution >= 0.6 is 11.3 Å². The molecule has 6 nitrogen and oxygen atoms in total. The highest BCUT2D eigenvalue weighted by molar-refractivity contribution is 7.09. The van der Waals surface area contributed by atoms with E-state index in [9.17, 15) is 14.4 Å². The lowest BCUT2D eigenvalue weighted by Gasteiger charge is -2.09. The molecule has 2 heterocycles. The van der Waals surface area contributed by atoms with Gasteiger partial charge in [-0.1, -0.05) is 12.1 Å². The van der Waals surface area contributed by atoms with E-state index in [2.05, 4.69) is 10.3 Å². The zero-order valence-electron chi connectivity index (χ0n) is 13.8. The fourth-order valence-corrected chi connectivity index (χ4v) is 3.31. The summed E-state index contributed by atoms with van der Waals surface area (Å²) >= 11 is 1.44. The monoisotopic (exact) mass is 355 g/mol. The summed E-state index contributed by atoms with van der Waals surface area (Å²) in [5.41, 5.74) is 1.37. The zero-order valence-corrected chi connectivity index (χ0v) is 14.6. The number of nitrogens with one attached hydrogen (secondary N) is 2. The zero-order chi connectivity index (χ0) is 18.0. The van der Waals surface area contributed by atoms with E-state index in [0.29, 0.717) is 5.69 Å². The largest absolute Gasteiger partial charge is 0.328 e. The van der Waals surface area contributed by atoms with Crippen molar-refractivity contribution < 1.29 is 4.79 Å². The Morgan fingerprint density at radius 3 is 2.56 bits per heavy atom. The molecule has 0 saturated carbocycles. The van der Waals surface area contributed by atoms with Gasteiger partial charge in [-0.15, -0.1) is 11.3 Å². The first-order chi connectivity index (χ1) is 11.9. The number of nitrogens with zero attached hydrogens (tertiary/aromatic N) is 1. The van der Waals surface area contributed by atoms with Gasteiger partial charge in [0.2, 0.25) is 0 Å². The molecule has 0 aliphatic carbocycles. The van der Waals surface area contributed by atoms with Gasteiger partial charge in [-0.05, 0) is 48.6 Å². The molecular weight excluding hydrogens is 338 g/mol. The lowest BCUT2D eigenvalue weighted by atomic mass is 10.1. The molecule has 7 heteroatoms. The van der Waals surface area contributed by atoms with Crippen molar-refractivity contribution in [1.29, 1.82) is 0 Å². The summed E-state index contributed by atoms with van der Waals surface area (Å²) in [6.45, 7) is 3.99. The van der Waals surface area contributed by atoms with E-state index in [-0.39, 0.29) is 12.1 Å². The van der Waals surface area contributed by atoms with Crippen LogP contribution in [0.25, 0.3) is 0 Å². The van der Waals surface area contributed by atoms with Gasteiger partial charge >= 0.3 is 5.69 Å². The van der Waals surface area contributed by atoms with Crippen molar-refractivity contribution in [2.75, 3.05) is 5.32 Å². The Bertz CT molecular complexity index is 1010. The van der Waals surface area contributed by atoms with Gasteiger partial charge in [0.25, 0.3) is 11.5 Å². The number of benzene rings is 1. The minimum absolute atomic E-state index is 0.102. The van der Waals surface area contributed by atoms with Crippen LogP contribution in [0.2, 0.25) is 0 Å². The number of carbonyl (C=O) groups is 1. The predicted octanol–water partition coefficient (Wildman–Crippen LogP) is 2.52. The molecule has 1 aromatic carbocycles. The third kappa shape index (κ3) is 3.77. The minimum Gasteiger partial charge on any atom is -0.322 e. The molecule has 0 aliphatic rings. The quantitative estimate of drug-likeness (QED) is 0.754. The van der Waals surface area contributed by atoms with Gasteiger partial charge in [-0.25, -0.2) is 4.79 Å². The molecule has 0 unspecified atom stereocenters. The van der Waals surface area contributed by atoms with Gasteiger partial charge in [0.05, 0.1) is 6.54 Å². The highest BCUT2D eigenvalue weighted by Crippen LogP contribution is 2.14. The number of aryl methyl sites for hydroxylation is 2. The number of hydrogen-bond acceptors (Lipinski definition) is 4. The first-order valence-electron chi connectivity index (χ1n) is 7.68. The number of H-pyrrole nitrogens is 1. The SMILES string of the molecule is Cc1cc(C)cc(NC(=O)c2c[nH]c(=O)n(Cc3cccs3)c2=O)c1. The normalized spacial score (nSPS) is 10.6. The van der Waals surface area contributed by atoms with Crippen molar-refractivity contribution in [2.45, 2.75) is 20.4 Å². The molecule has 0 saturated heterocycles. The first kappa shape index (κ1) is 16.9. The van der Waals surface area contributed by atoms with E-state index in [1.807, 2.05) is 49.6 Å². The van der Waals surface area contributed by atoms with E-state index >= 15 is 0 Å². The molecule has 0 spiro atoms. The van der Waals surface area contributed by atoms with E-state index in [0.717, 1.165) is 26.8 Å². The molecule has 1 amide bonds. The smallest absolute Gasteiger partial charge is 0.322 e. The standard InChI is InChI=1S/C18H17N3O3S/c1-11-6-12(2)8-13(7-11)20-16(22)15-9-19-18(24)21(17(15)23)10-14-4-3-5-25-14/h3-9H,10H2,1-2H3,(H,19,24)(H,20,22). The Morgan fingerprint density at radius 1 is 1.20 bits per heavy atom. The number of carbonyl (C=O) groups excluding carboxylic acids is 1. The summed E-state index contributed by atoms with van der Waals surface area (Å²) < 4.78 is 1.03. The molecule has 3 aromatic rings. The second-order valence-electron chi connectivity index (χ2n) is 5.81. The van der Waals surface area contributed by atoms with Gasteiger partial charge in [-0.2, -0.15) is 0 Å². The van der Waals surface area contributed by atoms with Crippen molar-refractivity contribution in [2.24, 2.45) is 0 Å². The van der Waals surface area contributed by atoms with E-state index in [1.165, 1.54) is 11.3 Å². The van der Waals surface area contributed by atoms with Gasteiger partial charge in [-0.3, -0.25) is 14.2 Å². The van der Waals surface area contributed by atoms with Crippen LogP contribution in [0.5, 0.6) is 0 Å². The molecule has 2 aromatic heterocycles. The Morgan fingerprint density at radius 2 is 1.92 bits per heavy atom. The first-order valence-corrected chi connectivity index (χ1v) is 8.56. The fourth-order valence-electron chi connectivity index (χ4n) is 2.62. The molecule has 2 N–H and O–H groups in total. The molecule has 0 atom stereocenters. The molecule has 25 heavy (non-hydrogen) atoms. The third-order valence-corrected chi connectivity index (χ3v) is 4.54. The van der Waals surface area contributed by atoms with Crippen molar-refractivity contribution in [1.82, 2.24) is 9.55 Å². The van der Waals surface area contributed by atoms with Crippen molar-refractivity contribution in [3.05, 3.63) is 84.3 Å². The molecular formula is C18H17N3O3S.